The molecule has 0 spiro atoms. The van der Waals surface area contributed by atoms with E-state index in [1.165, 1.54) is 6.20 Å². The van der Waals surface area contributed by atoms with Crippen LogP contribution < -0.4 is 10.1 Å². The normalized spacial score (nSPS) is 12.2. The van der Waals surface area contributed by atoms with Crippen LogP contribution in [-0.4, -0.2) is 33.1 Å². The molecule has 0 aliphatic rings. The molecule has 0 radical (unpaired) electrons. The molecule has 1 heterocycles. The quantitative estimate of drug-likeness (QED) is 0.846. The zero-order chi connectivity index (χ0) is 13.7. The van der Waals surface area contributed by atoms with Gasteiger partial charge in [-0.15, -0.1) is 4.37 Å². The van der Waals surface area contributed by atoms with Crippen LogP contribution >= 0.6 is 11.7 Å². The number of nitrogens with zero attached hydrogens (tertiary/aromatic N) is 2. The van der Waals surface area contributed by atoms with Crippen molar-refractivity contribution in [3.8, 4) is 5.88 Å². The van der Waals surface area contributed by atoms with Gasteiger partial charge in [0.05, 0.1) is 17.4 Å². The van der Waals surface area contributed by atoms with Crippen LogP contribution in [0.3, 0.4) is 0 Å². The van der Waals surface area contributed by atoms with E-state index in [0.717, 1.165) is 29.9 Å². The summed E-state index contributed by atoms with van der Waals surface area (Å²) in [5.41, 5.74) is -0.00521. The van der Waals surface area contributed by atoms with Crippen molar-refractivity contribution in [3.05, 3.63) is 36.0 Å². The molecule has 2 rings (SSSR count). The Bertz CT molecular complexity index is 525. The van der Waals surface area contributed by atoms with Crippen LogP contribution in [-0.2, 0) is 0 Å². The summed E-state index contributed by atoms with van der Waals surface area (Å²) in [4.78, 5) is 0. The van der Waals surface area contributed by atoms with E-state index in [0.29, 0.717) is 5.88 Å². The Hall–Kier alpha value is -1.80. The van der Waals surface area contributed by atoms with E-state index in [4.69, 9.17) is 4.74 Å². The first-order valence-corrected chi connectivity index (χ1v) is 6.15. The van der Waals surface area contributed by atoms with Gasteiger partial charge >= 0.3 is 0 Å². The van der Waals surface area contributed by atoms with Crippen LogP contribution in [0.25, 0.3) is 0 Å². The fourth-order valence-corrected chi connectivity index (χ4v) is 1.69. The van der Waals surface area contributed by atoms with Crippen molar-refractivity contribution >= 4 is 17.4 Å². The number of aliphatic hydroxyl groups is 1. The van der Waals surface area contributed by atoms with Gasteiger partial charge < -0.3 is 15.2 Å². The fraction of sp³-hybridized carbons (Fsp3) is 0.273. The lowest BCUT2D eigenvalue weighted by Crippen LogP contribution is -2.26. The molecule has 1 aromatic carbocycles. The fourth-order valence-electron chi connectivity index (χ4n) is 1.32. The first-order chi connectivity index (χ1) is 9.15. The lowest BCUT2D eigenvalue weighted by Gasteiger charge is -2.13. The third-order valence-electron chi connectivity index (χ3n) is 2.22. The van der Waals surface area contributed by atoms with Gasteiger partial charge in [-0.2, -0.15) is 4.37 Å². The molecule has 0 aliphatic heterocycles. The van der Waals surface area contributed by atoms with Gasteiger partial charge in [0.15, 0.2) is 0 Å². The maximum Gasteiger partial charge on any atom is 0.245 e. The average Bonchev–Trinajstić information content (AvgIpc) is 2.90. The van der Waals surface area contributed by atoms with Crippen molar-refractivity contribution in [1.29, 1.82) is 0 Å². The Morgan fingerprint density at radius 1 is 1.42 bits per heavy atom. The molecule has 0 saturated carbocycles. The Balaban J connectivity index is 1.79. The molecule has 0 saturated heterocycles. The largest absolute Gasteiger partial charge is 0.473 e. The van der Waals surface area contributed by atoms with Crippen molar-refractivity contribution in [1.82, 2.24) is 8.75 Å². The number of nitrogens with one attached hydrogen (secondary N) is 1. The highest BCUT2D eigenvalue weighted by Crippen LogP contribution is 2.15. The maximum atomic E-state index is 13.3. The SMILES string of the molecule is OC(CNc1cc(F)ccc1F)COc1cnsn1. The van der Waals surface area contributed by atoms with Crippen molar-refractivity contribution in [2.24, 2.45) is 0 Å². The number of benzene rings is 1. The minimum atomic E-state index is -0.885. The second-order valence-corrected chi connectivity index (χ2v) is 4.27. The highest BCUT2D eigenvalue weighted by molar-refractivity contribution is 6.99. The van der Waals surface area contributed by atoms with E-state index in [2.05, 4.69) is 14.1 Å². The van der Waals surface area contributed by atoms with Gasteiger partial charge in [0.1, 0.15) is 30.5 Å². The Morgan fingerprint density at radius 3 is 3.00 bits per heavy atom. The van der Waals surface area contributed by atoms with Crippen LogP contribution in [0.2, 0.25) is 0 Å². The standard InChI is InChI=1S/C11H11F2N3O2S/c12-7-1-2-9(13)10(3-7)14-4-8(17)6-18-11-5-15-19-16-11/h1-3,5,8,14,17H,4,6H2. The van der Waals surface area contributed by atoms with E-state index in [1.807, 2.05) is 0 Å². The third-order valence-corrected chi connectivity index (χ3v) is 2.68. The topological polar surface area (TPSA) is 67.3 Å². The second kappa shape index (κ2) is 6.39. The van der Waals surface area contributed by atoms with E-state index >= 15 is 0 Å². The minimum Gasteiger partial charge on any atom is -0.473 e. The third kappa shape index (κ3) is 4.11. The number of aromatic nitrogens is 2. The van der Waals surface area contributed by atoms with Crippen LogP contribution in [0.4, 0.5) is 14.5 Å². The van der Waals surface area contributed by atoms with E-state index in [-0.39, 0.29) is 18.8 Å². The number of anilines is 1. The number of hydrogen-bond acceptors (Lipinski definition) is 6. The van der Waals surface area contributed by atoms with Gasteiger partial charge in [-0.3, -0.25) is 0 Å². The molecular weight excluding hydrogens is 276 g/mol. The summed E-state index contributed by atoms with van der Waals surface area (Å²) in [7, 11) is 0. The molecule has 0 bridgehead atoms. The second-order valence-electron chi connectivity index (χ2n) is 3.72. The highest BCUT2D eigenvalue weighted by Gasteiger charge is 2.09. The Kier molecular flexibility index (Phi) is 4.58. The zero-order valence-corrected chi connectivity index (χ0v) is 10.5. The lowest BCUT2D eigenvalue weighted by molar-refractivity contribution is 0.115. The summed E-state index contributed by atoms with van der Waals surface area (Å²) < 4.78 is 38.8. The zero-order valence-electron chi connectivity index (χ0n) is 9.72. The van der Waals surface area contributed by atoms with Crippen molar-refractivity contribution in [3.63, 3.8) is 0 Å². The Morgan fingerprint density at radius 2 is 2.26 bits per heavy atom. The van der Waals surface area contributed by atoms with Crippen molar-refractivity contribution < 1.29 is 18.6 Å². The van der Waals surface area contributed by atoms with Gasteiger partial charge in [0.2, 0.25) is 5.88 Å². The van der Waals surface area contributed by atoms with Crippen LogP contribution in [0.5, 0.6) is 5.88 Å². The van der Waals surface area contributed by atoms with Gasteiger partial charge in [-0.1, -0.05) is 0 Å². The number of ether oxygens (including phenoxy) is 1. The molecule has 1 aromatic heterocycles. The number of rotatable bonds is 6. The van der Waals surface area contributed by atoms with E-state index in [1.54, 1.807) is 0 Å². The summed E-state index contributed by atoms with van der Waals surface area (Å²) in [5.74, 6) is -0.817. The molecule has 102 valence electrons. The van der Waals surface area contributed by atoms with Gasteiger partial charge in [0.25, 0.3) is 0 Å². The van der Waals surface area contributed by atoms with Crippen LogP contribution in [0, 0.1) is 11.6 Å². The summed E-state index contributed by atoms with van der Waals surface area (Å²) >= 11 is 0.992. The molecule has 2 N–H and O–H groups in total. The molecule has 2 aromatic rings. The molecule has 0 aliphatic carbocycles. The maximum absolute atomic E-state index is 13.3. The summed E-state index contributed by atoms with van der Waals surface area (Å²) in [5, 5.41) is 12.2. The molecule has 0 fully saturated rings. The van der Waals surface area contributed by atoms with Gasteiger partial charge in [-0.25, -0.2) is 8.78 Å². The van der Waals surface area contributed by atoms with Gasteiger partial charge in [0, 0.05) is 6.54 Å². The summed E-state index contributed by atoms with van der Waals surface area (Å²) in [6.07, 6.45) is 0.543. The van der Waals surface area contributed by atoms with E-state index in [9.17, 15) is 13.9 Å². The van der Waals surface area contributed by atoms with Crippen molar-refractivity contribution in [2.75, 3.05) is 18.5 Å². The molecule has 8 heteroatoms. The van der Waals surface area contributed by atoms with Crippen molar-refractivity contribution in [2.45, 2.75) is 6.10 Å². The lowest BCUT2D eigenvalue weighted by atomic mass is 10.3. The summed E-state index contributed by atoms with van der Waals surface area (Å²) in [6.45, 7) is 0.00723. The predicted molar refractivity (Wildman–Crippen MR) is 66.3 cm³/mol. The number of hydrogen-bond donors (Lipinski definition) is 2. The first-order valence-electron chi connectivity index (χ1n) is 5.42. The van der Waals surface area contributed by atoms with E-state index < -0.39 is 17.7 Å². The molecule has 0 amide bonds. The first kappa shape index (κ1) is 13.6. The number of halogens is 2. The van der Waals surface area contributed by atoms with Crippen LogP contribution in [0.1, 0.15) is 0 Å². The molecule has 19 heavy (non-hydrogen) atoms. The van der Waals surface area contributed by atoms with Crippen LogP contribution in [0.15, 0.2) is 24.4 Å². The molecule has 1 unspecified atom stereocenters. The Labute approximate surface area is 112 Å². The molecule has 5 nitrogen and oxygen atoms in total. The number of aliphatic hydroxyl groups excluding tert-OH is 1. The van der Waals surface area contributed by atoms with Gasteiger partial charge in [-0.05, 0) is 18.2 Å². The minimum absolute atomic E-state index is 0.00521. The highest BCUT2D eigenvalue weighted by atomic mass is 32.1. The monoisotopic (exact) mass is 287 g/mol. The smallest absolute Gasteiger partial charge is 0.245 e. The average molecular weight is 287 g/mol. The predicted octanol–water partition coefficient (Wildman–Crippen LogP) is 1.67. The molecule has 1 atom stereocenters. The molecular formula is C11H11F2N3O2S. The summed E-state index contributed by atoms with van der Waals surface area (Å²) in [6, 6.07) is 3.06.